The van der Waals surface area contributed by atoms with Gasteiger partial charge >= 0.3 is 0 Å². The molecule has 28 heavy (non-hydrogen) atoms. The molecule has 0 saturated carbocycles. The molecule has 0 aliphatic carbocycles. The van der Waals surface area contributed by atoms with Crippen LogP contribution in [0.5, 0.6) is 0 Å². The Balaban J connectivity index is 1.39. The molecule has 3 aromatic rings. The van der Waals surface area contributed by atoms with Crippen LogP contribution in [0.15, 0.2) is 59.1 Å². The van der Waals surface area contributed by atoms with Crippen molar-refractivity contribution in [2.75, 3.05) is 26.2 Å². The zero-order valence-corrected chi connectivity index (χ0v) is 16.3. The number of halogens is 1. The molecule has 2 aromatic carbocycles. The average Bonchev–Trinajstić information content (AvgIpc) is 3.24. The Morgan fingerprint density at radius 2 is 1.71 bits per heavy atom. The Labute approximate surface area is 168 Å². The third kappa shape index (κ3) is 3.79. The van der Waals surface area contributed by atoms with E-state index in [1.807, 2.05) is 54.3 Å². The van der Waals surface area contributed by atoms with Gasteiger partial charge in [0.2, 0.25) is 11.7 Å². The van der Waals surface area contributed by atoms with E-state index >= 15 is 0 Å². The van der Waals surface area contributed by atoms with Crippen molar-refractivity contribution < 1.29 is 9.32 Å². The topological polar surface area (TPSA) is 62.5 Å². The van der Waals surface area contributed by atoms with Crippen LogP contribution >= 0.6 is 11.6 Å². The number of carbonyl (C=O) groups excluding carboxylic acids is 1. The standard InChI is InChI=1S/C21H21ClN4O2/c1-15(20-23-19(24-28-20)16-7-3-2-4-8-16)25-11-13-26(14-12-25)21(27)17-9-5-6-10-18(17)22/h2-10,15H,11-14H2,1H3/t15-/m0/s1. The predicted molar refractivity (Wildman–Crippen MR) is 107 cm³/mol. The van der Waals surface area contributed by atoms with E-state index in [-0.39, 0.29) is 11.9 Å². The van der Waals surface area contributed by atoms with E-state index < -0.39 is 0 Å². The van der Waals surface area contributed by atoms with E-state index in [9.17, 15) is 4.79 Å². The highest BCUT2D eigenvalue weighted by Gasteiger charge is 2.28. The lowest BCUT2D eigenvalue weighted by Gasteiger charge is -2.36. The van der Waals surface area contributed by atoms with Crippen molar-refractivity contribution in [1.29, 1.82) is 0 Å². The third-order valence-corrected chi connectivity index (χ3v) is 5.41. The minimum atomic E-state index is -0.0259. The minimum Gasteiger partial charge on any atom is -0.337 e. The number of hydrogen-bond donors (Lipinski definition) is 0. The summed E-state index contributed by atoms with van der Waals surface area (Å²) in [6.45, 7) is 4.79. The van der Waals surface area contributed by atoms with Gasteiger partial charge in [-0.2, -0.15) is 4.98 Å². The smallest absolute Gasteiger partial charge is 0.255 e. The second-order valence-corrected chi connectivity index (χ2v) is 7.21. The molecule has 2 heterocycles. The summed E-state index contributed by atoms with van der Waals surface area (Å²) in [5.41, 5.74) is 1.48. The molecular formula is C21H21ClN4O2. The molecule has 1 aromatic heterocycles. The lowest BCUT2D eigenvalue weighted by Crippen LogP contribution is -2.49. The summed E-state index contributed by atoms with van der Waals surface area (Å²) in [7, 11) is 0. The van der Waals surface area contributed by atoms with Gasteiger partial charge in [0, 0.05) is 31.7 Å². The first-order valence-electron chi connectivity index (χ1n) is 9.30. The molecule has 1 amide bonds. The predicted octanol–water partition coefficient (Wildman–Crippen LogP) is 3.91. The molecule has 1 aliphatic heterocycles. The van der Waals surface area contributed by atoms with Gasteiger partial charge in [0.15, 0.2) is 0 Å². The molecule has 1 fully saturated rings. The van der Waals surface area contributed by atoms with Gasteiger partial charge in [-0.1, -0.05) is 59.2 Å². The molecule has 1 aliphatic rings. The van der Waals surface area contributed by atoms with E-state index in [2.05, 4.69) is 15.0 Å². The Bertz CT molecular complexity index is 952. The van der Waals surface area contributed by atoms with E-state index in [0.29, 0.717) is 35.4 Å². The van der Waals surface area contributed by atoms with E-state index in [1.165, 1.54) is 0 Å². The molecule has 1 saturated heterocycles. The first kappa shape index (κ1) is 18.7. The maximum atomic E-state index is 12.7. The van der Waals surface area contributed by atoms with Crippen LogP contribution in [-0.2, 0) is 0 Å². The van der Waals surface area contributed by atoms with Gasteiger partial charge in [-0.3, -0.25) is 9.69 Å². The lowest BCUT2D eigenvalue weighted by molar-refractivity contribution is 0.0552. The van der Waals surface area contributed by atoms with Crippen LogP contribution in [0, 0.1) is 0 Å². The summed E-state index contributed by atoms with van der Waals surface area (Å²) >= 11 is 6.16. The molecule has 0 N–H and O–H groups in total. The van der Waals surface area contributed by atoms with Crippen LogP contribution in [0.2, 0.25) is 5.02 Å². The Morgan fingerprint density at radius 1 is 1.04 bits per heavy atom. The molecule has 0 bridgehead atoms. The molecule has 1 atom stereocenters. The van der Waals surface area contributed by atoms with Crippen LogP contribution in [0.25, 0.3) is 11.4 Å². The van der Waals surface area contributed by atoms with Crippen molar-refractivity contribution in [3.63, 3.8) is 0 Å². The van der Waals surface area contributed by atoms with E-state index in [1.54, 1.807) is 12.1 Å². The Hall–Kier alpha value is -2.70. The second-order valence-electron chi connectivity index (χ2n) is 6.81. The normalized spacial score (nSPS) is 16.1. The Kier molecular flexibility index (Phi) is 5.41. The molecule has 0 radical (unpaired) electrons. The lowest BCUT2D eigenvalue weighted by atomic mass is 10.1. The van der Waals surface area contributed by atoms with Crippen molar-refractivity contribution in [2.24, 2.45) is 0 Å². The van der Waals surface area contributed by atoms with Gasteiger partial charge in [-0.15, -0.1) is 0 Å². The maximum absolute atomic E-state index is 12.7. The van der Waals surface area contributed by atoms with Gasteiger partial charge in [0.1, 0.15) is 0 Å². The zero-order valence-electron chi connectivity index (χ0n) is 15.6. The number of hydrogen-bond acceptors (Lipinski definition) is 5. The van der Waals surface area contributed by atoms with Gasteiger partial charge in [0.25, 0.3) is 5.91 Å². The molecule has 0 unspecified atom stereocenters. The number of aromatic nitrogens is 2. The fourth-order valence-electron chi connectivity index (χ4n) is 3.38. The van der Waals surface area contributed by atoms with Gasteiger partial charge in [0.05, 0.1) is 16.6 Å². The molecular weight excluding hydrogens is 376 g/mol. The van der Waals surface area contributed by atoms with E-state index in [4.69, 9.17) is 16.1 Å². The summed E-state index contributed by atoms with van der Waals surface area (Å²) in [6.07, 6.45) is 0. The van der Waals surface area contributed by atoms with E-state index in [0.717, 1.165) is 18.7 Å². The van der Waals surface area contributed by atoms with Crippen LogP contribution in [0.3, 0.4) is 0 Å². The highest BCUT2D eigenvalue weighted by molar-refractivity contribution is 6.33. The molecule has 7 heteroatoms. The molecule has 6 nitrogen and oxygen atoms in total. The minimum absolute atomic E-state index is 0.0115. The van der Waals surface area contributed by atoms with Crippen molar-refractivity contribution in [1.82, 2.24) is 19.9 Å². The van der Waals surface area contributed by atoms with Gasteiger partial charge < -0.3 is 9.42 Å². The van der Waals surface area contributed by atoms with Crippen LogP contribution in [0.1, 0.15) is 29.2 Å². The fraction of sp³-hybridized carbons (Fsp3) is 0.286. The van der Waals surface area contributed by atoms with Crippen molar-refractivity contribution in [2.45, 2.75) is 13.0 Å². The SMILES string of the molecule is C[C@@H](c1nc(-c2ccccc2)no1)N1CCN(C(=O)c2ccccc2Cl)CC1. The number of amides is 1. The highest BCUT2D eigenvalue weighted by atomic mass is 35.5. The quantitative estimate of drug-likeness (QED) is 0.669. The fourth-order valence-corrected chi connectivity index (χ4v) is 3.60. The van der Waals surface area contributed by atoms with Crippen LogP contribution in [-0.4, -0.2) is 52.0 Å². The van der Waals surface area contributed by atoms with Crippen molar-refractivity contribution in [3.05, 3.63) is 71.1 Å². The number of carbonyl (C=O) groups is 1. The van der Waals surface area contributed by atoms with Crippen LogP contribution in [0.4, 0.5) is 0 Å². The van der Waals surface area contributed by atoms with Crippen molar-refractivity contribution >= 4 is 17.5 Å². The van der Waals surface area contributed by atoms with Crippen LogP contribution < -0.4 is 0 Å². The third-order valence-electron chi connectivity index (χ3n) is 5.08. The van der Waals surface area contributed by atoms with Gasteiger partial charge in [-0.05, 0) is 19.1 Å². The largest absolute Gasteiger partial charge is 0.337 e. The summed E-state index contributed by atoms with van der Waals surface area (Å²) in [6, 6.07) is 16.9. The maximum Gasteiger partial charge on any atom is 0.255 e. The van der Waals surface area contributed by atoms with Gasteiger partial charge in [-0.25, -0.2) is 0 Å². The molecule has 4 rings (SSSR count). The summed E-state index contributed by atoms with van der Waals surface area (Å²) < 4.78 is 5.49. The number of nitrogens with zero attached hydrogens (tertiary/aromatic N) is 4. The summed E-state index contributed by atoms with van der Waals surface area (Å²) in [5, 5.41) is 4.59. The molecule has 144 valence electrons. The van der Waals surface area contributed by atoms with Crippen molar-refractivity contribution in [3.8, 4) is 11.4 Å². The highest BCUT2D eigenvalue weighted by Crippen LogP contribution is 2.24. The zero-order chi connectivity index (χ0) is 19.5. The Morgan fingerprint density at radius 3 is 2.43 bits per heavy atom. The molecule has 0 spiro atoms. The number of piperazine rings is 1. The first-order chi connectivity index (χ1) is 13.6. The monoisotopic (exact) mass is 396 g/mol. The summed E-state index contributed by atoms with van der Waals surface area (Å²) in [5.74, 6) is 1.15. The first-order valence-corrected chi connectivity index (χ1v) is 9.68. The summed E-state index contributed by atoms with van der Waals surface area (Å²) in [4.78, 5) is 21.4. The number of rotatable bonds is 4. The average molecular weight is 397 g/mol. The second kappa shape index (κ2) is 8.12. The number of benzene rings is 2.